The molecule has 1 aromatic carbocycles. The number of thiophene rings is 1. The second-order valence-corrected chi connectivity index (χ2v) is 7.09. The van der Waals surface area contributed by atoms with Crippen molar-refractivity contribution in [2.24, 2.45) is 0 Å². The second-order valence-electron chi connectivity index (χ2n) is 6.09. The number of nitrogens with zero attached hydrogens (tertiary/aromatic N) is 1. The Morgan fingerprint density at radius 3 is 3.00 bits per heavy atom. The zero-order chi connectivity index (χ0) is 16.7. The molecule has 0 saturated heterocycles. The molecule has 0 unspecified atom stereocenters. The number of hydrogen-bond acceptors (Lipinski definition) is 4. The van der Waals surface area contributed by atoms with Crippen LogP contribution >= 0.6 is 11.3 Å². The van der Waals surface area contributed by atoms with Crippen LogP contribution in [0.25, 0.3) is 11.0 Å². The Hall–Kier alpha value is -2.38. The SMILES string of the molecule is C[C@@H](C(=O)Nc1ccc2[nH]c(=O)[nH]c2c1)N1CCc2sccc2C1. The normalized spacial score (nSPS) is 16.0. The maximum absolute atomic E-state index is 12.6. The first kappa shape index (κ1) is 15.2. The first-order chi connectivity index (χ1) is 11.6. The zero-order valence-corrected chi connectivity index (χ0v) is 14.1. The van der Waals surface area contributed by atoms with Gasteiger partial charge in [-0.25, -0.2) is 4.79 Å². The quantitative estimate of drug-likeness (QED) is 0.683. The average Bonchev–Trinajstić information content (AvgIpc) is 3.17. The number of nitrogens with one attached hydrogen (secondary N) is 3. The molecule has 2 aromatic heterocycles. The number of carbonyl (C=O) groups excluding carboxylic acids is 1. The van der Waals surface area contributed by atoms with Crippen LogP contribution in [-0.4, -0.2) is 33.4 Å². The summed E-state index contributed by atoms with van der Waals surface area (Å²) in [5, 5.41) is 5.06. The molecule has 3 aromatic rings. The van der Waals surface area contributed by atoms with Gasteiger partial charge < -0.3 is 15.3 Å². The largest absolute Gasteiger partial charge is 0.325 e. The summed E-state index contributed by atoms with van der Waals surface area (Å²) in [6, 6.07) is 7.28. The minimum Gasteiger partial charge on any atom is -0.325 e. The van der Waals surface area contributed by atoms with Crippen molar-refractivity contribution in [1.82, 2.24) is 14.9 Å². The average molecular weight is 342 g/mol. The molecule has 124 valence electrons. The van der Waals surface area contributed by atoms with Gasteiger partial charge in [0.05, 0.1) is 17.1 Å². The number of rotatable bonds is 3. The van der Waals surface area contributed by atoms with E-state index in [4.69, 9.17) is 0 Å². The second kappa shape index (κ2) is 5.92. The van der Waals surface area contributed by atoms with Gasteiger partial charge in [0.1, 0.15) is 0 Å². The first-order valence-corrected chi connectivity index (χ1v) is 8.80. The molecular formula is C17H18N4O2S. The number of amides is 1. The molecule has 0 saturated carbocycles. The van der Waals surface area contributed by atoms with Crippen LogP contribution in [0.2, 0.25) is 0 Å². The fourth-order valence-corrected chi connectivity index (χ4v) is 4.01. The number of imidazole rings is 1. The predicted octanol–water partition coefficient (Wildman–Crippen LogP) is 2.30. The van der Waals surface area contributed by atoms with Gasteiger partial charge in [0, 0.05) is 23.7 Å². The fourth-order valence-electron chi connectivity index (χ4n) is 3.12. The van der Waals surface area contributed by atoms with Gasteiger partial charge in [-0.05, 0) is 48.6 Å². The van der Waals surface area contributed by atoms with Gasteiger partial charge in [0.25, 0.3) is 0 Å². The van der Waals surface area contributed by atoms with Gasteiger partial charge in [-0.1, -0.05) is 0 Å². The highest BCUT2D eigenvalue weighted by atomic mass is 32.1. The van der Waals surface area contributed by atoms with Gasteiger partial charge in [-0.2, -0.15) is 0 Å². The highest BCUT2D eigenvalue weighted by molar-refractivity contribution is 7.10. The molecule has 3 N–H and O–H groups in total. The number of fused-ring (bicyclic) bond motifs is 2. The number of aromatic nitrogens is 2. The van der Waals surface area contributed by atoms with Gasteiger partial charge in [-0.15, -0.1) is 11.3 Å². The van der Waals surface area contributed by atoms with Crippen molar-refractivity contribution in [2.75, 3.05) is 11.9 Å². The Bertz CT molecular complexity index is 955. The summed E-state index contributed by atoms with van der Waals surface area (Å²) in [6.45, 7) is 3.65. The topological polar surface area (TPSA) is 81.0 Å². The Morgan fingerprint density at radius 2 is 2.12 bits per heavy atom. The number of carbonyl (C=O) groups is 1. The predicted molar refractivity (Wildman–Crippen MR) is 95.4 cm³/mol. The highest BCUT2D eigenvalue weighted by Crippen LogP contribution is 2.25. The van der Waals surface area contributed by atoms with Gasteiger partial charge in [-0.3, -0.25) is 9.69 Å². The number of benzene rings is 1. The first-order valence-electron chi connectivity index (χ1n) is 7.92. The van der Waals surface area contributed by atoms with Gasteiger partial charge in [0.15, 0.2) is 0 Å². The summed E-state index contributed by atoms with van der Waals surface area (Å²) in [5.74, 6) is -0.0362. The Morgan fingerprint density at radius 1 is 1.29 bits per heavy atom. The van der Waals surface area contributed by atoms with Crippen LogP contribution in [0.5, 0.6) is 0 Å². The van der Waals surface area contributed by atoms with Crippen molar-refractivity contribution in [3.8, 4) is 0 Å². The molecule has 6 nitrogen and oxygen atoms in total. The highest BCUT2D eigenvalue weighted by Gasteiger charge is 2.25. The van der Waals surface area contributed by atoms with Crippen LogP contribution in [0.3, 0.4) is 0 Å². The standard InChI is InChI=1S/C17H18N4O2S/c1-10(21-6-4-15-11(9-21)5-7-24-15)16(22)18-12-2-3-13-14(8-12)20-17(23)19-13/h2-3,5,7-8,10H,4,6,9H2,1H3,(H,18,22)(H2,19,20,23)/t10-/m0/s1. The van der Waals surface area contributed by atoms with Crippen molar-refractivity contribution in [3.63, 3.8) is 0 Å². The van der Waals surface area contributed by atoms with E-state index in [1.54, 1.807) is 29.5 Å². The van der Waals surface area contributed by atoms with Crippen molar-refractivity contribution in [1.29, 1.82) is 0 Å². The van der Waals surface area contributed by atoms with Crippen LogP contribution in [0.4, 0.5) is 5.69 Å². The van der Waals surface area contributed by atoms with Crippen LogP contribution in [0.1, 0.15) is 17.4 Å². The van der Waals surface area contributed by atoms with E-state index < -0.39 is 0 Å². The van der Waals surface area contributed by atoms with Crippen LogP contribution in [0.15, 0.2) is 34.4 Å². The lowest BCUT2D eigenvalue weighted by Gasteiger charge is -2.31. The summed E-state index contributed by atoms with van der Waals surface area (Å²) in [5.41, 5.74) is 3.18. The molecule has 1 atom stereocenters. The third-order valence-corrected chi connectivity index (χ3v) is 5.57. The molecule has 1 amide bonds. The van der Waals surface area contributed by atoms with Gasteiger partial charge in [0.2, 0.25) is 5.91 Å². The van der Waals surface area contributed by atoms with E-state index in [1.807, 2.05) is 6.92 Å². The minimum atomic E-state index is -0.248. The molecule has 4 rings (SSSR count). The molecule has 24 heavy (non-hydrogen) atoms. The molecule has 7 heteroatoms. The summed E-state index contributed by atoms with van der Waals surface area (Å²) in [7, 11) is 0. The third kappa shape index (κ3) is 2.76. The van der Waals surface area contributed by atoms with Crippen LogP contribution in [-0.2, 0) is 17.8 Å². The van der Waals surface area contributed by atoms with E-state index in [0.717, 1.165) is 25.0 Å². The molecular weight excluding hydrogens is 324 g/mol. The Balaban J connectivity index is 1.47. The number of aromatic amines is 2. The molecule has 0 fully saturated rings. The summed E-state index contributed by atoms with van der Waals surface area (Å²) < 4.78 is 0. The lowest BCUT2D eigenvalue weighted by atomic mass is 10.1. The number of anilines is 1. The summed E-state index contributed by atoms with van der Waals surface area (Å²) >= 11 is 1.79. The lowest BCUT2D eigenvalue weighted by molar-refractivity contribution is -0.121. The maximum atomic E-state index is 12.6. The molecule has 1 aliphatic heterocycles. The fraction of sp³-hybridized carbons (Fsp3) is 0.294. The minimum absolute atomic E-state index is 0.0362. The zero-order valence-electron chi connectivity index (χ0n) is 13.3. The number of H-pyrrole nitrogens is 2. The summed E-state index contributed by atoms with van der Waals surface area (Å²) in [4.78, 5) is 32.9. The Labute approximate surface area is 142 Å². The van der Waals surface area contributed by atoms with Crippen molar-refractivity contribution in [2.45, 2.75) is 25.9 Å². The maximum Gasteiger partial charge on any atom is 0.323 e. The molecule has 0 bridgehead atoms. The van der Waals surface area contributed by atoms with E-state index in [1.165, 1.54) is 10.4 Å². The molecule has 1 aliphatic rings. The van der Waals surface area contributed by atoms with Crippen LogP contribution in [0, 0.1) is 0 Å². The molecule has 0 aliphatic carbocycles. The molecule has 0 spiro atoms. The monoisotopic (exact) mass is 342 g/mol. The van der Waals surface area contributed by atoms with Crippen molar-refractivity contribution in [3.05, 3.63) is 50.6 Å². The third-order valence-electron chi connectivity index (χ3n) is 4.55. The molecule has 3 heterocycles. The van der Waals surface area contributed by atoms with E-state index >= 15 is 0 Å². The van der Waals surface area contributed by atoms with Crippen LogP contribution < -0.4 is 11.0 Å². The van der Waals surface area contributed by atoms with E-state index in [0.29, 0.717) is 11.2 Å². The number of hydrogen-bond donors (Lipinski definition) is 3. The van der Waals surface area contributed by atoms with E-state index in [9.17, 15) is 9.59 Å². The lowest BCUT2D eigenvalue weighted by Crippen LogP contribution is -2.44. The van der Waals surface area contributed by atoms with Crippen molar-refractivity contribution >= 4 is 34.0 Å². The van der Waals surface area contributed by atoms with E-state index in [-0.39, 0.29) is 17.6 Å². The van der Waals surface area contributed by atoms with Crippen molar-refractivity contribution < 1.29 is 4.79 Å². The van der Waals surface area contributed by atoms with Gasteiger partial charge >= 0.3 is 5.69 Å². The Kier molecular flexibility index (Phi) is 3.74. The summed E-state index contributed by atoms with van der Waals surface area (Å²) in [6.07, 6.45) is 1.00. The smallest absolute Gasteiger partial charge is 0.323 e. The van der Waals surface area contributed by atoms with E-state index in [2.05, 4.69) is 31.6 Å². The molecule has 0 radical (unpaired) electrons.